The van der Waals surface area contributed by atoms with Gasteiger partial charge in [0.05, 0.1) is 5.69 Å². The molecular formula is C17H22BrN3O2. The van der Waals surface area contributed by atoms with E-state index in [1.54, 1.807) is 17.2 Å². The van der Waals surface area contributed by atoms with Gasteiger partial charge in [0.1, 0.15) is 11.3 Å². The molecule has 0 spiro atoms. The number of ether oxygens (including phenoxy) is 1. The number of hydrogen-bond acceptors (Lipinski definition) is 4. The van der Waals surface area contributed by atoms with Crippen molar-refractivity contribution in [3.8, 4) is 11.8 Å². The number of nitrogen functional groups attached to an aromatic ring is 1. The first-order valence-electron chi connectivity index (χ1n) is 7.65. The minimum Gasteiger partial charge on any atom is -0.444 e. The van der Waals surface area contributed by atoms with Gasteiger partial charge in [-0.2, -0.15) is 0 Å². The van der Waals surface area contributed by atoms with Crippen molar-refractivity contribution in [2.24, 2.45) is 5.92 Å². The number of aromatic nitrogens is 1. The number of carbonyl (C=O) groups excluding carboxylic acids is 1. The quantitative estimate of drug-likeness (QED) is 0.701. The molecule has 0 saturated carbocycles. The van der Waals surface area contributed by atoms with Gasteiger partial charge in [0.2, 0.25) is 0 Å². The molecule has 1 aromatic heterocycles. The molecule has 6 heteroatoms. The molecule has 0 radical (unpaired) electrons. The molecule has 124 valence electrons. The van der Waals surface area contributed by atoms with Crippen LogP contribution in [0.4, 0.5) is 10.5 Å². The molecule has 1 fully saturated rings. The van der Waals surface area contributed by atoms with Crippen LogP contribution in [0.1, 0.15) is 39.3 Å². The van der Waals surface area contributed by atoms with E-state index < -0.39 is 5.60 Å². The highest BCUT2D eigenvalue weighted by atomic mass is 79.9. The molecule has 2 N–H and O–H groups in total. The molecule has 1 aromatic rings. The van der Waals surface area contributed by atoms with Crippen molar-refractivity contribution >= 4 is 27.7 Å². The first-order chi connectivity index (χ1) is 10.7. The number of hydrogen-bond donors (Lipinski definition) is 1. The largest absolute Gasteiger partial charge is 0.444 e. The van der Waals surface area contributed by atoms with Gasteiger partial charge in [-0.15, -0.1) is 0 Å². The Balaban J connectivity index is 1.90. The number of anilines is 1. The number of piperidine rings is 1. The SMILES string of the molecule is CC(C)(C)OC(=O)N1CCC(C#Cc2ncc(Br)cc2N)CC1. The van der Waals surface area contributed by atoms with Gasteiger partial charge in [-0.25, -0.2) is 9.78 Å². The van der Waals surface area contributed by atoms with Crippen molar-refractivity contribution in [1.29, 1.82) is 0 Å². The van der Waals surface area contributed by atoms with Crippen molar-refractivity contribution in [3.05, 3.63) is 22.4 Å². The van der Waals surface area contributed by atoms with E-state index >= 15 is 0 Å². The van der Waals surface area contributed by atoms with E-state index in [4.69, 9.17) is 10.5 Å². The van der Waals surface area contributed by atoms with Crippen molar-refractivity contribution in [3.63, 3.8) is 0 Å². The molecule has 1 aliphatic heterocycles. The van der Waals surface area contributed by atoms with Gasteiger partial charge < -0.3 is 15.4 Å². The maximum absolute atomic E-state index is 12.0. The van der Waals surface area contributed by atoms with Gasteiger partial charge in [-0.3, -0.25) is 0 Å². The fourth-order valence-corrected chi connectivity index (χ4v) is 2.61. The molecule has 0 unspecified atom stereocenters. The lowest BCUT2D eigenvalue weighted by molar-refractivity contribution is 0.0199. The molecule has 1 amide bonds. The van der Waals surface area contributed by atoms with E-state index in [0.29, 0.717) is 24.5 Å². The maximum atomic E-state index is 12.0. The van der Waals surface area contributed by atoms with Gasteiger partial charge >= 0.3 is 6.09 Å². The fraction of sp³-hybridized carbons (Fsp3) is 0.529. The standard InChI is InChI=1S/C17H22BrN3O2/c1-17(2,3)23-16(22)21-8-6-12(7-9-21)4-5-15-14(19)10-13(18)11-20-15/h10-12H,6-9,19H2,1-3H3. The number of amides is 1. The average molecular weight is 380 g/mol. The molecular weight excluding hydrogens is 358 g/mol. The summed E-state index contributed by atoms with van der Waals surface area (Å²) < 4.78 is 6.23. The van der Waals surface area contributed by atoms with Gasteiger partial charge in [0, 0.05) is 29.7 Å². The van der Waals surface area contributed by atoms with Crippen LogP contribution >= 0.6 is 15.9 Å². The summed E-state index contributed by atoms with van der Waals surface area (Å²) in [6, 6.07) is 1.79. The molecule has 1 saturated heterocycles. The summed E-state index contributed by atoms with van der Waals surface area (Å²) in [7, 11) is 0. The van der Waals surface area contributed by atoms with Crippen LogP contribution in [0.2, 0.25) is 0 Å². The first kappa shape index (κ1) is 17.6. The number of nitrogens with zero attached hydrogens (tertiary/aromatic N) is 2. The van der Waals surface area contributed by atoms with E-state index in [-0.39, 0.29) is 12.0 Å². The van der Waals surface area contributed by atoms with Gasteiger partial charge in [-0.1, -0.05) is 5.92 Å². The Morgan fingerprint density at radius 3 is 2.65 bits per heavy atom. The van der Waals surface area contributed by atoms with Crippen LogP contribution in [-0.2, 0) is 4.74 Å². The lowest BCUT2D eigenvalue weighted by Gasteiger charge is -2.31. The molecule has 2 heterocycles. The average Bonchev–Trinajstić information content (AvgIpc) is 2.45. The Kier molecular flexibility index (Phi) is 5.53. The Hall–Kier alpha value is -1.74. The third kappa shape index (κ3) is 5.43. The van der Waals surface area contributed by atoms with Gasteiger partial charge in [0.15, 0.2) is 0 Å². The van der Waals surface area contributed by atoms with E-state index in [0.717, 1.165) is 17.3 Å². The van der Waals surface area contributed by atoms with E-state index in [1.807, 2.05) is 20.8 Å². The van der Waals surface area contributed by atoms with Crippen molar-refractivity contribution in [2.75, 3.05) is 18.8 Å². The highest BCUT2D eigenvalue weighted by molar-refractivity contribution is 9.10. The van der Waals surface area contributed by atoms with Crippen molar-refractivity contribution < 1.29 is 9.53 Å². The smallest absolute Gasteiger partial charge is 0.410 e. The van der Waals surface area contributed by atoms with Gasteiger partial charge in [0.25, 0.3) is 0 Å². The number of pyridine rings is 1. The maximum Gasteiger partial charge on any atom is 0.410 e. The third-order valence-corrected chi connectivity index (χ3v) is 3.86. The summed E-state index contributed by atoms with van der Waals surface area (Å²) in [6.07, 6.45) is 3.11. The van der Waals surface area contributed by atoms with Crippen molar-refractivity contribution in [2.45, 2.75) is 39.2 Å². The lowest BCUT2D eigenvalue weighted by atomic mass is 9.97. The van der Waals surface area contributed by atoms with Crippen LogP contribution in [0.5, 0.6) is 0 Å². The second kappa shape index (κ2) is 7.22. The highest BCUT2D eigenvalue weighted by Gasteiger charge is 2.26. The summed E-state index contributed by atoms with van der Waals surface area (Å²) >= 11 is 3.32. The topological polar surface area (TPSA) is 68.5 Å². The fourth-order valence-electron chi connectivity index (χ4n) is 2.26. The number of carbonyl (C=O) groups is 1. The van der Waals surface area contributed by atoms with Crippen LogP contribution in [0.25, 0.3) is 0 Å². The number of halogens is 1. The van der Waals surface area contributed by atoms with E-state index in [2.05, 4.69) is 32.8 Å². The molecule has 0 aromatic carbocycles. The van der Waals surface area contributed by atoms with E-state index in [9.17, 15) is 4.79 Å². The number of rotatable bonds is 0. The molecule has 0 aliphatic carbocycles. The lowest BCUT2D eigenvalue weighted by Crippen LogP contribution is -2.41. The Labute approximate surface area is 145 Å². The number of nitrogens with two attached hydrogens (primary N) is 1. The van der Waals surface area contributed by atoms with Crippen molar-refractivity contribution in [1.82, 2.24) is 9.88 Å². The van der Waals surface area contributed by atoms with Crippen LogP contribution < -0.4 is 5.73 Å². The zero-order valence-electron chi connectivity index (χ0n) is 13.7. The van der Waals surface area contributed by atoms with Crippen LogP contribution in [-0.4, -0.2) is 34.7 Å². The predicted octanol–water partition coefficient (Wildman–Crippen LogP) is 3.42. The molecule has 0 bridgehead atoms. The monoisotopic (exact) mass is 379 g/mol. The minimum absolute atomic E-state index is 0.247. The summed E-state index contributed by atoms with van der Waals surface area (Å²) in [5, 5.41) is 0. The summed E-state index contributed by atoms with van der Waals surface area (Å²) in [4.78, 5) is 18.0. The molecule has 5 nitrogen and oxygen atoms in total. The molecule has 0 atom stereocenters. The zero-order valence-corrected chi connectivity index (χ0v) is 15.3. The van der Waals surface area contributed by atoms with E-state index in [1.165, 1.54) is 0 Å². The minimum atomic E-state index is -0.460. The summed E-state index contributed by atoms with van der Waals surface area (Å²) in [5.41, 5.74) is 6.60. The third-order valence-electron chi connectivity index (χ3n) is 3.43. The second-order valence-corrected chi connectivity index (χ2v) is 7.52. The number of likely N-dealkylation sites (tertiary alicyclic amines) is 1. The van der Waals surface area contributed by atoms with Crippen LogP contribution in [0.3, 0.4) is 0 Å². The summed E-state index contributed by atoms with van der Waals surface area (Å²) in [5.74, 6) is 6.52. The Morgan fingerprint density at radius 2 is 2.09 bits per heavy atom. The molecule has 2 rings (SSSR count). The van der Waals surface area contributed by atoms with Gasteiger partial charge in [-0.05, 0) is 61.5 Å². The van der Waals surface area contributed by atoms with Crippen LogP contribution in [0.15, 0.2) is 16.7 Å². The molecule has 1 aliphatic rings. The zero-order chi connectivity index (χ0) is 17.0. The Bertz CT molecular complexity index is 635. The first-order valence-corrected chi connectivity index (χ1v) is 8.44. The Morgan fingerprint density at radius 1 is 1.43 bits per heavy atom. The normalized spacial score (nSPS) is 15.7. The summed E-state index contributed by atoms with van der Waals surface area (Å²) in [6.45, 7) is 6.95. The highest BCUT2D eigenvalue weighted by Crippen LogP contribution is 2.20. The predicted molar refractivity (Wildman–Crippen MR) is 93.8 cm³/mol. The van der Waals surface area contributed by atoms with Crippen LogP contribution in [0, 0.1) is 17.8 Å². The second-order valence-electron chi connectivity index (χ2n) is 6.60. The molecule has 23 heavy (non-hydrogen) atoms.